The summed E-state index contributed by atoms with van der Waals surface area (Å²) >= 11 is 0. The van der Waals surface area contributed by atoms with Crippen LogP contribution in [0.3, 0.4) is 0 Å². The molecule has 2 aromatic rings. The summed E-state index contributed by atoms with van der Waals surface area (Å²) < 4.78 is 20.0. The molecule has 1 saturated carbocycles. The van der Waals surface area contributed by atoms with Gasteiger partial charge in [-0.05, 0) is 50.1 Å². The van der Waals surface area contributed by atoms with Crippen LogP contribution in [0.25, 0.3) is 0 Å². The SMILES string of the molecule is CC(=O)c1ccc(N2CCN(C(=O)CN(Cc3ccco3)C3CCCC3)CC2)c(F)c1. The Morgan fingerprint density at radius 2 is 1.87 bits per heavy atom. The number of piperazine rings is 1. The van der Waals surface area contributed by atoms with Crippen LogP contribution in [0.5, 0.6) is 0 Å². The zero-order valence-electron chi connectivity index (χ0n) is 18.1. The van der Waals surface area contributed by atoms with Crippen LogP contribution in [0, 0.1) is 5.82 Å². The summed E-state index contributed by atoms with van der Waals surface area (Å²) in [7, 11) is 0. The van der Waals surface area contributed by atoms with Crippen LogP contribution in [0.2, 0.25) is 0 Å². The lowest BCUT2D eigenvalue weighted by Crippen LogP contribution is -2.52. The van der Waals surface area contributed by atoms with Gasteiger partial charge in [-0.25, -0.2) is 4.39 Å². The van der Waals surface area contributed by atoms with Gasteiger partial charge in [-0.2, -0.15) is 0 Å². The number of hydrogen-bond donors (Lipinski definition) is 0. The van der Waals surface area contributed by atoms with Crippen LogP contribution in [-0.4, -0.2) is 60.3 Å². The second-order valence-electron chi connectivity index (χ2n) is 8.51. The van der Waals surface area contributed by atoms with Crippen molar-refractivity contribution in [2.24, 2.45) is 0 Å². The molecule has 4 rings (SSSR count). The number of hydrogen-bond acceptors (Lipinski definition) is 5. The van der Waals surface area contributed by atoms with Gasteiger partial charge in [0.2, 0.25) is 5.91 Å². The van der Waals surface area contributed by atoms with E-state index in [1.165, 1.54) is 25.8 Å². The molecule has 2 aliphatic rings. The lowest BCUT2D eigenvalue weighted by atomic mass is 10.1. The Labute approximate surface area is 182 Å². The maximum Gasteiger partial charge on any atom is 0.236 e. The summed E-state index contributed by atoms with van der Waals surface area (Å²) in [5.74, 6) is 0.458. The maximum absolute atomic E-state index is 14.5. The van der Waals surface area contributed by atoms with Crippen LogP contribution in [0.15, 0.2) is 41.0 Å². The van der Waals surface area contributed by atoms with Crippen LogP contribution in [0.4, 0.5) is 10.1 Å². The van der Waals surface area contributed by atoms with Gasteiger partial charge in [0.15, 0.2) is 5.78 Å². The van der Waals surface area contributed by atoms with Crippen molar-refractivity contribution in [3.05, 3.63) is 53.7 Å². The predicted molar refractivity (Wildman–Crippen MR) is 117 cm³/mol. The minimum atomic E-state index is -0.390. The Morgan fingerprint density at radius 1 is 1.13 bits per heavy atom. The average molecular weight is 428 g/mol. The number of furan rings is 1. The van der Waals surface area contributed by atoms with Gasteiger partial charge >= 0.3 is 0 Å². The molecule has 6 nitrogen and oxygen atoms in total. The average Bonchev–Trinajstić information content (AvgIpc) is 3.47. The second kappa shape index (κ2) is 9.64. The second-order valence-corrected chi connectivity index (χ2v) is 8.51. The van der Waals surface area contributed by atoms with E-state index in [2.05, 4.69) is 4.90 Å². The molecular formula is C24H30FN3O3. The number of carbonyl (C=O) groups is 2. The van der Waals surface area contributed by atoms with Gasteiger partial charge in [-0.15, -0.1) is 0 Å². The Hall–Kier alpha value is -2.67. The van der Waals surface area contributed by atoms with E-state index in [9.17, 15) is 14.0 Å². The number of benzene rings is 1. The number of Topliss-reactive ketones (excluding diaryl/α,β-unsaturated/α-hetero) is 1. The van der Waals surface area contributed by atoms with Gasteiger partial charge in [0, 0.05) is 37.8 Å². The topological polar surface area (TPSA) is 57.0 Å². The molecule has 1 saturated heterocycles. The molecule has 31 heavy (non-hydrogen) atoms. The molecule has 0 unspecified atom stereocenters. The molecule has 0 atom stereocenters. The highest BCUT2D eigenvalue weighted by Crippen LogP contribution is 2.26. The molecule has 1 aromatic carbocycles. The summed E-state index contributed by atoms with van der Waals surface area (Å²) in [6.45, 7) is 4.73. The zero-order valence-corrected chi connectivity index (χ0v) is 18.1. The molecule has 7 heteroatoms. The van der Waals surface area contributed by atoms with Gasteiger partial charge < -0.3 is 14.2 Å². The minimum Gasteiger partial charge on any atom is -0.468 e. The first-order valence-corrected chi connectivity index (χ1v) is 11.1. The molecule has 0 spiro atoms. The van der Waals surface area contributed by atoms with Crippen molar-refractivity contribution in [1.29, 1.82) is 0 Å². The van der Waals surface area contributed by atoms with E-state index in [1.54, 1.807) is 18.4 Å². The van der Waals surface area contributed by atoms with E-state index in [4.69, 9.17) is 4.42 Å². The van der Waals surface area contributed by atoms with Crippen molar-refractivity contribution < 1.29 is 18.4 Å². The fourth-order valence-corrected chi connectivity index (χ4v) is 4.64. The number of nitrogens with zero attached hydrogens (tertiary/aromatic N) is 3. The molecule has 166 valence electrons. The molecule has 0 bridgehead atoms. The van der Waals surface area contributed by atoms with Crippen molar-refractivity contribution in [2.45, 2.75) is 45.2 Å². The lowest BCUT2D eigenvalue weighted by Gasteiger charge is -2.37. The first-order chi connectivity index (χ1) is 15.0. The van der Waals surface area contributed by atoms with Gasteiger partial charge in [-0.3, -0.25) is 14.5 Å². The zero-order chi connectivity index (χ0) is 21.8. The lowest BCUT2D eigenvalue weighted by molar-refractivity contribution is -0.133. The first kappa shape index (κ1) is 21.6. The molecule has 1 aliphatic heterocycles. The van der Waals surface area contributed by atoms with Crippen molar-refractivity contribution in [1.82, 2.24) is 9.80 Å². The Balaban J connectivity index is 1.35. The fourth-order valence-electron chi connectivity index (χ4n) is 4.64. The maximum atomic E-state index is 14.5. The third kappa shape index (κ3) is 5.15. The fraction of sp³-hybridized carbons (Fsp3) is 0.500. The number of halogens is 1. The van der Waals surface area contributed by atoms with Gasteiger partial charge in [0.1, 0.15) is 11.6 Å². The monoisotopic (exact) mass is 427 g/mol. The number of anilines is 1. The summed E-state index contributed by atoms with van der Waals surface area (Å²) in [5, 5.41) is 0. The highest BCUT2D eigenvalue weighted by Gasteiger charge is 2.29. The summed E-state index contributed by atoms with van der Waals surface area (Å²) in [4.78, 5) is 30.6. The van der Waals surface area contributed by atoms with Crippen molar-refractivity contribution in [3.63, 3.8) is 0 Å². The third-order valence-corrected chi connectivity index (χ3v) is 6.45. The van der Waals surface area contributed by atoms with Crippen LogP contribution < -0.4 is 4.90 Å². The molecular weight excluding hydrogens is 397 g/mol. The van der Waals surface area contributed by atoms with E-state index in [0.29, 0.717) is 56.6 Å². The first-order valence-electron chi connectivity index (χ1n) is 11.1. The normalized spacial score (nSPS) is 17.5. The Kier molecular flexibility index (Phi) is 6.70. The van der Waals surface area contributed by atoms with Crippen LogP contribution in [0.1, 0.15) is 48.7 Å². The number of carbonyl (C=O) groups excluding carboxylic acids is 2. The minimum absolute atomic E-state index is 0.116. The van der Waals surface area contributed by atoms with Crippen LogP contribution >= 0.6 is 0 Å². The number of ketones is 1. The summed E-state index contributed by atoms with van der Waals surface area (Å²) in [6.07, 6.45) is 6.33. The standard InChI is InChI=1S/C24H30FN3O3/c1-18(29)19-8-9-23(22(25)15-19)26-10-12-27(13-11-26)24(30)17-28(20-5-2-3-6-20)16-21-7-4-14-31-21/h4,7-9,14-15,20H,2-3,5-6,10-13,16-17H2,1H3. The molecule has 1 amide bonds. The molecule has 0 radical (unpaired) electrons. The molecule has 1 aliphatic carbocycles. The van der Waals surface area contributed by atoms with Gasteiger partial charge in [0.25, 0.3) is 0 Å². The quantitative estimate of drug-likeness (QED) is 0.631. The number of rotatable bonds is 7. The third-order valence-electron chi connectivity index (χ3n) is 6.45. The van der Waals surface area contributed by atoms with Crippen molar-refractivity contribution >= 4 is 17.4 Å². The Morgan fingerprint density at radius 3 is 2.48 bits per heavy atom. The molecule has 2 heterocycles. The highest BCUT2D eigenvalue weighted by atomic mass is 19.1. The number of amides is 1. The van der Waals surface area contributed by atoms with Crippen molar-refractivity contribution in [2.75, 3.05) is 37.6 Å². The Bertz CT molecular complexity index is 901. The van der Waals surface area contributed by atoms with Crippen LogP contribution in [-0.2, 0) is 11.3 Å². The van der Waals surface area contributed by atoms with Gasteiger partial charge in [-0.1, -0.05) is 12.8 Å². The molecule has 0 N–H and O–H groups in total. The highest BCUT2D eigenvalue weighted by molar-refractivity contribution is 5.94. The largest absolute Gasteiger partial charge is 0.468 e. The van der Waals surface area contributed by atoms with Crippen molar-refractivity contribution in [3.8, 4) is 0 Å². The summed E-state index contributed by atoms with van der Waals surface area (Å²) in [5.41, 5.74) is 0.862. The van der Waals surface area contributed by atoms with E-state index in [1.807, 2.05) is 21.9 Å². The van der Waals surface area contributed by atoms with E-state index >= 15 is 0 Å². The molecule has 1 aromatic heterocycles. The van der Waals surface area contributed by atoms with Gasteiger partial charge in [0.05, 0.1) is 25.0 Å². The van der Waals surface area contributed by atoms with E-state index in [0.717, 1.165) is 18.6 Å². The predicted octanol–water partition coefficient (Wildman–Crippen LogP) is 3.71. The van der Waals surface area contributed by atoms with E-state index in [-0.39, 0.29) is 11.7 Å². The van der Waals surface area contributed by atoms with E-state index < -0.39 is 5.82 Å². The summed E-state index contributed by atoms with van der Waals surface area (Å²) in [6, 6.07) is 8.87. The molecule has 2 fully saturated rings. The smallest absolute Gasteiger partial charge is 0.236 e.